The van der Waals surface area contributed by atoms with Gasteiger partial charge in [0.05, 0.1) is 11.4 Å². The number of hydrogen-bond donors (Lipinski definition) is 2. The van der Waals surface area contributed by atoms with Crippen LogP contribution in [0.1, 0.15) is 118 Å². The van der Waals surface area contributed by atoms with Crippen molar-refractivity contribution in [2.45, 2.75) is 127 Å². The molecule has 0 radical (unpaired) electrons. The maximum Gasteiger partial charge on any atom is 0.230 e. The van der Waals surface area contributed by atoms with Crippen molar-refractivity contribution in [3.63, 3.8) is 0 Å². The van der Waals surface area contributed by atoms with Crippen LogP contribution in [0.4, 0.5) is 11.4 Å². The first-order valence-electron chi connectivity index (χ1n) is 16.4. The Morgan fingerprint density at radius 2 is 0.976 bits per heavy atom. The van der Waals surface area contributed by atoms with Gasteiger partial charge in [-0.05, 0) is 87.5 Å². The third-order valence-electron chi connectivity index (χ3n) is 9.48. The molecule has 2 fully saturated rings. The zero-order valence-corrected chi connectivity index (χ0v) is 27.9. The fourth-order valence-corrected chi connectivity index (χ4v) is 8.93. The molecule has 2 aliphatic rings. The van der Waals surface area contributed by atoms with Crippen molar-refractivity contribution in [1.29, 1.82) is 0 Å². The molecule has 2 amide bonds. The molecule has 42 heavy (non-hydrogen) atoms. The van der Waals surface area contributed by atoms with E-state index in [0.717, 1.165) is 98.2 Å². The van der Waals surface area contributed by atoms with E-state index in [1.54, 1.807) is 21.6 Å². The molecular formula is C36H52N2O2S2. The lowest BCUT2D eigenvalue weighted by Crippen LogP contribution is -2.38. The van der Waals surface area contributed by atoms with E-state index in [1.165, 1.54) is 12.8 Å². The van der Waals surface area contributed by atoms with Gasteiger partial charge in [-0.3, -0.25) is 9.59 Å². The number of carbonyl (C=O) groups excluding carboxylic acids is 2. The largest absolute Gasteiger partial charge is 0.325 e. The number of hydrogen-bond acceptors (Lipinski definition) is 4. The fourth-order valence-electron chi connectivity index (χ4n) is 6.65. The van der Waals surface area contributed by atoms with Gasteiger partial charge in [0.25, 0.3) is 0 Å². The molecule has 2 N–H and O–H groups in total. The van der Waals surface area contributed by atoms with Crippen molar-refractivity contribution < 1.29 is 9.59 Å². The Morgan fingerprint density at radius 3 is 1.33 bits per heavy atom. The normalized spacial score (nSPS) is 18.1. The number of rotatable bonds is 13. The van der Waals surface area contributed by atoms with Gasteiger partial charge in [0.1, 0.15) is 0 Å². The summed E-state index contributed by atoms with van der Waals surface area (Å²) in [5, 5.41) is 6.71. The van der Waals surface area contributed by atoms with Crippen molar-refractivity contribution in [3.05, 3.63) is 48.5 Å². The number of carbonyl (C=O) groups is 2. The van der Waals surface area contributed by atoms with Gasteiger partial charge in [0, 0.05) is 20.6 Å². The first kappa shape index (κ1) is 33.0. The molecule has 4 nitrogen and oxygen atoms in total. The van der Waals surface area contributed by atoms with Crippen LogP contribution in [0.15, 0.2) is 58.3 Å². The van der Waals surface area contributed by atoms with Gasteiger partial charge in [0.15, 0.2) is 0 Å². The SMILES string of the molecule is CC(C)CCC1(C(=O)Nc2ccccc2SSc2ccccc2NC(=O)C2(CCC(C)C)CCCCC2)CCCCC1. The van der Waals surface area contributed by atoms with E-state index >= 15 is 0 Å². The Morgan fingerprint density at radius 1 is 0.619 bits per heavy atom. The molecule has 0 bridgehead atoms. The summed E-state index contributed by atoms with van der Waals surface area (Å²) in [5.74, 6) is 1.57. The minimum Gasteiger partial charge on any atom is -0.325 e. The Hall–Kier alpha value is -1.92. The molecule has 0 unspecified atom stereocenters. The molecule has 0 aromatic heterocycles. The molecule has 230 valence electrons. The molecule has 0 saturated heterocycles. The monoisotopic (exact) mass is 608 g/mol. The molecule has 6 heteroatoms. The predicted octanol–water partition coefficient (Wildman–Crippen LogP) is 11.1. The summed E-state index contributed by atoms with van der Waals surface area (Å²) in [6.45, 7) is 8.99. The zero-order valence-electron chi connectivity index (χ0n) is 26.3. The van der Waals surface area contributed by atoms with Crippen molar-refractivity contribution in [3.8, 4) is 0 Å². The van der Waals surface area contributed by atoms with E-state index in [1.807, 2.05) is 36.4 Å². The minimum absolute atomic E-state index is 0.188. The molecular weight excluding hydrogens is 557 g/mol. The smallest absolute Gasteiger partial charge is 0.230 e. The number of nitrogens with one attached hydrogen (secondary N) is 2. The standard InChI is InChI=1S/C36H52N2O2S2/c1-27(2)19-25-35(21-11-5-12-22-35)33(39)37-29-15-7-9-17-31(29)41-42-32-18-10-8-16-30(32)38-34(40)36(26-20-28(3)4)23-13-6-14-24-36/h7-10,15-18,27-28H,5-6,11-14,19-26H2,1-4H3,(H,37,39)(H,38,40). The Balaban J connectivity index is 1.46. The van der Waals surface area contributed by atoms with E-state index in [2.05, 4.69) is 50.5 Å². The Labute approximate surface area is 262 Å². The van der Waals surface area contributed by atoms with Crippen LogP contribution in [-0.4, -0.2) is 11.8 Å². The minimum atomic E-state index is -0.255. The fraction of sp³-hybridized carbons (Fsp3) is 0.611. The van der Waals surface area contributed by atoms with Crippen LogP contribution in [0.5, 0.6) is 0 Å². The summed E-state index contributed by atoms with van der Waals surface area (Å²) in [6.07, 6.45) is 15.1. The van der Waals surface area contributed by atoms with E-state index < -0.39 is 0 Å². The lowest BCUT2D eigenvalue weighted by Gasteiger charge is -2.36. The van der Waals surface area contributed by atoms with Gasteiger partial charge in [-0.25, -0.2) is 0 Å². The summed E-state index contributed by atoms with van der Waals surface area (Å²) >= 11 is 0. The Bertz CT molecular complexity index is 1070. The second-order valence-corrected chi connectivity index (χ2v) is 15.8. The van der Waals surface area contributed by atoms with E-state index in [4.69, 9.17) is 0 Å². The topological polar surface area (TPSA) is 58.2 Å². The van der Waals surface area contributed by atoms with Crippen molar-refractivity contribution in [1.82, 2.24) is 0 Å². The average Bonchev–Trinajstić information content (AvgIpc) is 3.00. The number of benzene rings is 2. The molecule has 0 spiro atoms. The van der Waals surface area contributed by atoms with Gasteiger partial charge in [-0.15, -0.1) is 0 Å². The van der Waals surface area contributed by atoms with Gasteiger partial charge >= 0.3 is 0 Å². The molecule has 0 atom stereocenters. The molecule has 0 heterocycles. The van der Waals surface area contributed by atoms with E-state index in [0.29, 0.717) is 11.8 Å². The summed E-state index contributed by atoms with van der Waals surface area (Å²) < 4.78 is 0. The van der Waals surface area contributed by atoms with Crippen LogP contribution in [0, 0.1) is 22.7 Å². The average molecular weight is 609 g/mol. The quantitative estimate of drug-likeness (QED) is 0.222. The van der Waals surface area contributed by atoms with Gasteiger partial charge in [-0.2, -0.15) is 0 Å². The molecule has 2 aromatic rings. The van der Waals surface area contributed by atoms with Crippen molar-refractivity contribution in [2.75, 3.05) is 10.6 Å². The lowest BCUT2D eigenvalue weighted by molar-refractivity contribution is -0.128. The summed E-state index contributed by atoms with van der Waals surface area (Å²) in [5.41, 5.74) is 1.25. The van der Waals surface area contributed by atoms with Crippen LogP contribution >= 0.6 is 21.6 Å². The van der Waals surface area contributed by atoms with Crippen molar-refractivity contribution in [2.24, 2.45) is 22.7 Å². The summed E-state index contributed by atoms with van der Waals surface area (Å²) in [6, 6.07) is 16.3. The number of anilines is 2. The molecule has 2 aliphatic carbocycles. The predicted molar refractivity (Wildman–Crippen MR) is 181 cm³/mol. The van der Waals surface area contributed by atoms with Crippen LogP contribution < -0.4 is 10.6 Å². The highest BCUT2D eigenvalue weighted by atomic mass is 33.1. The lowest BCUT2D eigenvalue weighted by atomic mass is 9.69. The van der Waals surface area contributed by atoms with Crippen LogP contribution in [0.25, 0.3) is 0 Å². The van der Waals surface area contributed by atoms with Crippen molar-refractivity contribution >= 4 is 44.8 Å². The third kappa shape index (κ3) is 8.81. The first-order chi connectivity index (χ1) is 20.2. The maximum atomic E-state index is 13.8. The van der Waals surface area contributed by atoms with E-state index in [-0.39, 0.29) is 22.6 Å². The molecule has 0 aliphatic heterocycles. The van der Waals surface area contributed by atoms with Crippen LogP contribution in [0.3, 0.4) is 0 Å². The van der Waals surface area contributed by atoms with Gasteiger partial charge < -0.3 is 10.6 Å². The van der Waals surface area contributed by atoms with E-state index in [9.17, 15) is 9.59 Å². The zero-order chi connectivity index (χ0) is 30.0. The first-order valence-corrected chi connectivity index (χ1v) is 18.5. The number of amides is 2. The highest BCUT2D eigenvalue weighted by Crippen LogP contribution is 2.47. The number of para-hydroxylation sites is 2. The highest BCUT2D eigenvalue weighted by Gasteiger charge is 2.40. The van der Waals surface area contributed by atoms with Crippen LogP contribution in [0.2, 0.25) is 0 Å². The second-order valence-electron chi connectivity index (χ2n) is 13.6. The highest BCUT2D eigenvalue weighted by molar-refractivity contribution is 8.76. The summed E-state index contributed by atoms with van der Waals surface area (Å²) in [4.78, 5) is 29.7. The van der Waals surface area contributed by atoms with Gasteiger partial charge in [-0.1, -0.05) is 112 Å². The molecule has 2 aromatic carbocycles. The summed E-state index contributed by atoms with van der Waals surface area (Å²) in [7, 11) is 3.29. The molecule has 4 rings (SSSR count). The van der Waals surface area contributed by atoms with Gasteiger partial charge in [0.2, 0.25) is 11.8 Å². The third-order valence-corrected chi connectivity index (χ3v) is 12.0. The second kappa shape index (κ2) is 15.7. The van der Waals surface area contributed by atoms with Crippen LogP contribution in [-0.2, 0) is 9.59 Å². The Kier molecular flexibility index (Phi) is 12.3. The maximum absolute atomic E-state index is 13.8. The molecule has 2 saturated carbocycles.